The van der Waals surface area contributed by atoms with E-state index in [9.17, 15) is 13.2 Å². The molecule has 2 fully saturated rings. The zero-order valence-corrected chi connectivity index (χ0v) is 19.7. The van der Waals surface area contributed by atoms with Gasteiger partial charge in [0.15, 0.2) is 0 Å². The van der Waals surface area contributed by atoms with Gasteiger partial charge in [0.05, 0.1) is 9.77 Å². The monoisotopic (exact) mass is 466 g/mol. The SMILES string of the molecule is Cc1cccc(C(=O)N2CCSC23CCN(S(=O)(=O)c2cccc4ccccc24)CC3)c1. The summed E-state index contributed by atoms with van der Waals surface area (Å²) in [5.41, 5.74) is 1.77. The second kappa shape index (κ2) is 8.21. The van der Waals surface area contributed by atoms with Crippen molar-refractivity contribution in [2.45, 2.75) is 29.5 Å². The first-order valence-corrected chi connectivity index (χ1v) is 13.3. The van der Waals surface area contributed by atoms with E-state index < -0.39 is 10.0 Å². The zero-order valence-electron chi connectivity index (χ0n) is 18.0. The van der Waals surface area contributed by atoms with Crippen LogP contribution >= 0.6 is 11.8 Å². The molecule has 2 saturated heterocycles. The van der Waals surface area contributed by atoms with E-state index in [1.54, 1.807) is 28.2 Å². The number of hydrogen-bond acceptors (Lipinski definition) is 4. The number of nitrogens with zero attached hydrogens (tertiary/aromatic N) is 2. The quantitative estimate of drug-likeness (QED) is 0.570. The van der Waals surface area contributed by atoms with E-state index in [0.29, 0.717) is 42.9 Å². The lowest BCUT2D eigenvalue weighted by atomic mass is 10.0. The third-order valence-electron chi connectivity index (χ3n) is 6.56. The molecule has 0 aliphatic carbocycles. The Morgan fingerprint density at radius 3 is 2.44 bits per heavy atom. The molecule has 0 atom stereocenters. The van der Waals surface area contributed by atoms with Gasteiger partial charge in [0.2, 0.25) is 10.0 Å². The second-order valence-corrected chi connectivity index (χ2v) is 11.9. The fourth-order valence-electron chi connectivity index (χ4n) is 4.88. The van der Waals surface area contributed by atoms with Gasteiger partial charge in [-0.25, -0.2) is 8.42 Å². The number of rotatable bonds is 3. The fraction of sp³-hybridized carbons (Fsp3) is 0.320. The van der Waals surface area contributed by atoms with Gasteiger partial charge in [0.25, 0.3) is 5.91 Å². The minimum absolute atomic E-state index is 0.0454. The van der Waals surface area contributed by atoms with Crippen molar-refractivity contribution < 1.29 is 13.2 Å². The summed E-state index contributed by atoms with van der Waals surface area (Å²) in [5.74, 6) is 0.928. The number of carbonyl (C=O) groups is 1. The average Bonchev–Trinajstić information content (AvgIpc) is 3.21. The van der Waals surface area contributed by atoms with E-state index >= 15 is 0 Å². The van der Waals surface area contributed by atoms with Gasteiger partial charge in [0.1, 0.15) is 0 Å². The van der Waals surface area contributed by atoms with Crippen LogP contribution in [0.5, 0.6) is 0 Å². The summed E-state index contributed by atoms with van der Waals surface area (Å²) < 4.78 is 28.6. The maximum absolute atomic E-state index is 13.5. The Bertz CT molecular complexity index is 1280. The zero-order chi connectivity index (χ0) is 22.3. The van der Waals surface area contributed by atoms with Crippen molar-refractivity contribution >= 4 is 38.5 Å². The molecule has 2 aliphatic heterocycles. The molecule has 0 aromatic heterocycles. The van der Waals surface area contributed by atoms with Gasteiger partial charge in [-0.3, -0.25) is 4.79 Å². The van der Waals surface area contributed by atoms with Crippen LogP contribution in [0.25, 0.3) is 10.8 Å². The standard InChI is InChI=1S/C25H26N2O3S2/c1-19-6-4-9-21(18-19)24(28)27-16-17-31-25(27)12-14-26(15-13-25)32(29,30)23-11-5-8-20-7-2-3-10-22(20)23/h2-11,18H,12-17H2,1H3. The first kappa shape index (κ1) is 21.5. The summed E-state index contributed by atoms with van der Waals surface area (Å²) in [6, 6.07) is 20.7. The summed E-state index contributed by atoms with van der Waals surface area (Å²) in [4.78, 5) is 15.3. The number of thioether (sulfide) groups is 1. The molecule has 7 heteroatoms. The van der Waals surface area contributed by atoms with Crippen molar-refractivity contribution in [1.29, 1.82) is 0 Å². The molecule has 0 radical (unpaired) electrons. The van der Waals surface area contributed by atoms with Crippen LogP contribution in [0.4, 0.5) is 0 Å². The van der Waals surface area contributed by atoms with Crippen molar-refractivity contribution in [3.63, 3.8) is 0 Å². The van der Waals surface area contributed by atoms with Crippen LogP contribution < -0.4 is 0 Å². The number of amides is 1. The highest BCUT2D eigenvalue weighted by Gasteiger charge is 2.48. The van der Waals surface area contributed by atoms with E-state index in [1.807, 2.05) is 66.4 Å². The molecule has 166 valence electrons. The lowest BCUT2D eigenvalue weighted by molar-refractivity contribution is 0.0605. The number of carbonyl (C=O) groups excluding carboxylic acids is 1. The van der Waals surface area contributed by atoms with E-state index in [-0.39, 0.29) is 10.8 Å². The first-order chi connectivity index (χ1) is 15.4. The van der Waals surface area contributed by atoms with E-state index in [4.69, 9.17) is 0 Å². The Morgan fingerprint density at radius 1 is 0.938 bits per heavy atom. The number of hydrogen-bond donors (Lipinski definition) is 0. The van der Waals surface area contributed by atoms with Crippen LogP contribution in [0.3, 0.4) is 0 Å². The van der Waals surface area contributed by atoms with Crippen molar-refractivity contribution in [3.05, 3.63) is 77.9 Å². The van der Waals surface area contributed by atoms with E-state index in [1.165, 1.54) is 0 Å². The third kappa shape index (κ3) is 3.62. The second-order valence-electron chi connectivity index (χ2n) is 8.50. The molecular weight excluding hydrogens is 440 g/mol. The summed E-state index contributed by atoms with van der Waals surface area (Å²) in [6.45, 7) is 3.52. The molecule has 0 unspecified atom stereocenters. The predicted molar refractivity (Wildman–Crippen MR) is 129 cm³/mol. The molecule has 2 aliphatic rings. The number of benzene rings is 3. The van der Waals surface area contributed by atoms with Gasteiger partial charge in [-0.05, 0) is 43.4 Å². The van der Waals surface area contributed by atoms with E-state index in [2.05, 4.69) is 0 Å². The lowest BCUT2D eigenvalue weighted by Gasteiger charge is -2.43. The van der Waals surface area contributed by atoms with E-state index in [0.717, 1.165) is 22.1 Å². The Hall–Kier alpha value is -2.35. The Kier molecular flexibility index (Phi) is 5.51. The van der Waals surface area contributed by atoms with Gasteiger partial charge < -0.3 is 4.90 Å². The molecule has 0 saturated carbocycles. The minimum atomic E-state index is -3.61. The molecule has 3 aromatic carbocycles. The molecule has 5 rings (SSSR count). The van der Waals surface area contributed by atoms with Crippen LogP contribution in [0, 0.1) is 6.92 Å². The van der Waals surface area contributed by atoms with Gasteiger partial charge >= 0.3 is 0 Å². The Morgan fingerprint density at radius 2 is 1.66 bits per heavy atom. The van der Waals surface area contributed by atoms with Gasteiger partial charge in [-0.15, -0.1) is 11.8 Å². The fourth-order valence-corrected chi connectivity index (χ4v) is 7.99. The largest absolute Gasteiger partial charge is 0.323 e. The maximum atomic E-state index is 13.5. The maximum Gasteiger partial charge on any atom is 0.255 e. The molecule has 2 heterocycles. The van der Waals surface area contributed by atoms with Crippen molar-refractivity contribution in [2.75, 3.05) is 25.4 Å². The van der Waals surface area contributed by atoms with Crippen molar-refractivity contribution in [1.82, 2.24) is 9.21 Å². The van der Waals surface area contributed by atoms with Crippen LogP contribution in [0.1, 0.15) is 28.8 Å². The number of sulfonamides is 1. The molecule has 1 amide bonds. The van der Waals surface area contributed by atoms with Crippen LogP contribution in [0.2, 0.25) is 0 Å². The van der Waals surface area contributed by atoms with Gasteiger partial charge in [-0.1, -0.05) is 54.1 Å². The summed E-state index contributed by atoms with van der Waals surface area (Å²) in [7, 11) is -3.61. The van der Waals surface area contributed by atoms with Crippen LogP contribution in [0.15, 0.2) is 71.6 Å². The molecule has 1 spiro atoms. The Balaban J connectivity index is 1.38. The van der Waals surface area contributed by atoms with Crippen LogP contribution in [-0.2, 0) is 10.0 Å². The molecule has 32 heavy (non-hydrogen) atoms. The van der Waals surface area contributed by atoms with Crippen molar-refractivity contribution in [3.8, 4) is 0 Å². The smallest absolute Gasteiger partial charge is 0.255 e. The summed E-state index contributed by atoms with van der Waals surface area (Å²) >= 11 is 1.80. The highest BCUT2D eigenvalue weighted by molar-refractivity contribution is 8.00. The van der Waals surface area contributed by atoms with Crippen molar-refractivity contribution in [2.24, 2.45) is 0 Å². The topological polar surface area (TPSA) is 57.7 Å². The third-order valence-corrected chi connectivity index (χ3v) is 10.1. The van der Waals surface area contributed by atoms with Gasteiger partial charge in [-0.2, -0.15) is 4.31 Å². The molecule has 0 bridgehead atoms. The molecule has 3 aromatic rings. The minimum Gasteiger partial charge on any atom is -0.323 e. The lowest BCUT2D eigenvalue weighted by Crippen LogP contribution is -2.53. The Labute approximate surface area is 193 Å². The molecular formula is C25H26N2O3S2. The van der Waals surface area contributed by atoms with Crippen LogP contribution in [-0.4, -0.2) is 53.8 Å². The first-order valence-electron chi connectivity index (χ1n) is 10.9. The van der Waals surface area contributed by atoms with Gasteiger partial charge in [0, 0.05) is 36.3 Å². The highest BCUT2D eigenvalue weighted by atomic mass is 32.2. The summed E-state index contributed by atoms with van der Waals surface area (Å²) in [6.07, 6.45) is 1.28. The predicted octanol–water partition coefficient (Wildman–Crippen LogP) is 4.52. The summed E-state index contributed by atoms with van der Waals surface area (Å²) in [5, 5.41) is 1.67. The molecule has 0 N–H and O–H groups in total. The molecule has 5 nitrogen and oxygen atoms in total. The highest BCUT2D eigenvalue weighted by Crippen LogP contribution is 2.45. The number of aryl methyl sites for hydroxylation is 1. The number of fused-ring (bicyclic) bond motifs is 1. The normalized spacial score (nSPS) is 19.0. The average molecular weight is 467 g/mol. The number of piperidine rings is 1.